The molecule has 0 aliphatic heterocycles. The number of rotatable bonds is 8. The minimum Gasteiger partial charge on any atom is -0.476 e. The summed E-state index contributed by atoms with van der Waals surface area (Å²) in [5.41, 5.74) is 2.34. The average molecular weight is 401 g/mol. The summed E-state index contributed by atoms with van der Waals surface area (Å²) in [6, 6.07) is 24.6. The minimum absolute atomic E-state index is 0.0882. The largest absolute Gasteiger partial charge is 0.476 e. The van der Waals surface area contributed by atoms with Crippen molar-refractivity contribution in [1.82, 2.24) is 0 Å². The van der Waals surface area contributed by atoms with Crippen molar-refractivity contribution in [3.05, 3.63) is 96.1 Å². The van der Waals surface area contributed by atoms with Gasteiger partial charge in [0.1, 0.15) is 0 Å². The third kappa shape index (κ3) is 5.45. The summed E-state index contributed by atoms with van der Waals surface area (Å²) in [4.78, 5) is 34.9. The quantitative estimate of drug-likeness (QED) is 0.338. The van der Waals surface area contributed by atoms with Crippen LogP contribution in [-0.2, 0) is 16.0 Å². The molecule has 0 aromatic heterocycles. The lowest BCUT2D eigenvalue weighted by Gasteiger charge is -2.16. The molecule has 7 nitrogen and oxygen atoms in total. The van der Waals surface area contributed by atoms with Crippen LogP contribution in [-0.4, -0.2) is 22.8 Å². The third-order valence-corrected chi connectivity index (χ3v) is 4.28. The number of nitrogens with zero attached hydrogens (tertiary/aromatic N) is 3. The van der Waals surface area contributed by atoms with E-state index in [1.807, 2.05) is 24.3 Å². The normalized spacial score (nSPS) is 10.7. The zero-order valence-corrected chi connectivity index (χ0v) is 16.0. The van der Waals surface area contributed by atoms with E-state index in [0.29, 0.717) is 23.4 Å². The summed E-state index contributed by atoms with van der Waals surface area (Å²) in [5.74, 6) is -2.62. The summed E-state index contributed by atoms with van der Waals surface area (Å²) < 4.78 is 0. The summed E-state index contributed by atoms with van der Waals surface area (Å²) in [6.45, 7) is 0. The first-order valence-corrected chi connectivity index (χ1v) is 9.26. The zero-order chi connectivity index (χ0) is 21.3. The van der Waals surface area contributed by atoms with Gasteiger partial charge in [0.2, 0.25) is 5.78 Å². The number of aryl methyl sites for hydroxylation is 1. The smallest absolute Gasteiger partial charge is 0.372 e. The third-order valence-electron chi connectivity index (χ3n) is 4.28. The lowest BCUT2D eigenvalue weighted by molar-refractivity contribution is -0.149. The van der Waals surface area contributed by atoms with Crippen LogP contribution in [0.2, 0.25) is 0 Å². The molecule has 7 heteroatoms. The van der Waals surface area contributed by atoms with Gasteiger partial charge in [-0.1, -0.05) is 53.8 Å². The van der Waals surface area contributed by atoms with Crippen molar-refractivity contribution in [2.75, 3.05) is 5.01 Å². The molecule has 1 N–H and O–H groups in total. The van der Waals surface area contributed by atoms with E-state index in [4.69, 9.17) is 5.11 Å². The van der Waals surface area contributed by atoms with Crippen molar-refractivity contribution < 1.29 is 19.5 Å². The van der Waals surface area contributed by atoms with E-state index in [-0.39, 0.29) is 12.3 Å². The fourth-order valence-corrected chi connectivity index (χ4v) is 2.67. The Hall–Kier alpha value is -4.13. The van der Waals surface area contributed by atoms with Crippen LogP contribution >= 0.6 is 0 Å². The Kier molecular flexibility index (Phi) is 6.78. The molecule has 0 fully saturated rings. The SMILES string of the molecule is O=C(O)C(=O)CCc1ccc(N(N=Nc2ccccc2)C(=O)c2ccccc2)cc1. The Balaban J connectivity index is 1.84. The lowest BCUT2D eigenvalue weighted by atomic mass is 10.1. The van der Waals surface area contributed by atoms with Crippen LogP contribution in [0.15, 0.2) is 95.3 Å². The number of carboxylic acids is 1. The topological polar surface area (TPSA) is 99.4 Å². The van der Waals surface area contributed by atoms with Gasteiger partial charge in [0.25, 0.3) is 5.91 Å². The maximum atomic E-state index is 13.0. The van der Waals surface area contributed by atoms with Crippen molar-refractivity contribution in [3.63, 3.8) is 0 Å². The molecule has 150 valence electrons. The number of anilines is 1. The standard InChI is InChI=1S/C23H19N3O4/c27-21(23(29)30)16-13-17-11-14-20(15-12-17)26(22(28)18-7-3-1-4-8-18)25-24-19-9-5-2-6-10-19/h1-12,14-15H,13,16H2,(H,29,30). The number of carbonyl (C=O) groups excluding carboxylic acids is 2. The highest BCUT2D eigenvalue weighted by molar-refractivity contribution is 6.32. The molecule has 3 rings (SSSR count). The maximum absolute atomic E-state index is 13.0. The molecule has 0 unspecified atom stereocenters. The molecule has 1 amide bonds. The Morgan fingerprint density at radius 3 is 2.00 bits per heavy atom. The molecule has 3 aromatic rings. The van der Waals surface area contributed by atoms with Gasteiger partial charge in [-0.05, 0) is 48.4 Å². The molecule has 30 heavy (non-hydrogen) atoms. The summed E-state index contributed by atoms with van der Waals surface area (Å²) in [5, 5.41) is 18.2. The average Bonchev–Trinajstić information content (AvgIpc) is 2.79. The number of aliphatic carboxylic acids is 1. The van der Waals surface area contributed by atoms with Crippen LogP contribution < -0.4 is 5.01 Å². The monoisotopic (exact) mass is 401 g/mol. The molecule has 0 spiro atoms. The number of amides is 1. The van der Waals surface area contributed by atoms with E-state index in [1.165, 1.54) is 5.01 Å². The van der Waals surface area contributed by atoms with Crippen molar-refractivity contribution in [3.8, 4) is 0 Å². The summed E-state index contributed by atoms with van der Waals surface area (Å²) in [7, 11) is 0. The highest BCUT2D eigenvalue weighted by Crippen LogP contribution is 2.21. The number of hydrogen-bond donors (Lipinski definition) is 1. The highest BCUT2D eigenvalue weighted by Gasteiger charge is 2.18. The molecule has 0 saturated carbocycles. The van der Waals surface area contributed by atoms with Crippen LogP contribution in [0.4, 0.5) is 11.4 Å². The van der Waals surface area contributed by atoms with Crippen LogP contribution in [0.1, 0.15) is 22.3 Å². The fraction of sp³-hybridized carbons (Fsp3) is 0.0870. The molecule has 0 aliphatic carbocycles. The van der Waals surface area contributed by atoms with Crippen molar-refractivity contribution in [2.24, 2.45) is 10.3 Å². The van der Waals surface area contributed by atoms with Crippen LogP contribution in [0.3, 0.4) is 0 Å². The molecule has 3 aromatic carbocycles. The van der Waals surface area contributed by atoms with Gasteiger partial charge in [-0.15, -0.1) is 5.11 Å². The van der Waals surface area contributed by atoms with E-state index < -0.39 is 11.8 Å². The number of Topliss-reactive ketones (excluding diaryl/α,β-unsaturated/α-hetero) is 1. The van der Waals surface area contributed by atoms with Gasteiger partial charge in [0.15, 0.2) is 0 Å². The van der Waals surface area contributed by atoms with E-state index >= 15 is 0 Å². The summed E-state index contributed by atoms with van der Waals surface area (Å²) >= 11 is 0. The van der Waals surface area contributed by atoms with E-state index in [9.17, 15) is 14.4 Å². The second-order valence-corrected chi connectivity index (χ2v) is 6.40. The van der Waals surface area contributed by atoms with Crippen molar-refractivity contribution >= 4 is 29.0 Å². The first-order valence-electron chi connectivity index (χ1n) is 9.26. The summed E-state index contributed by atoms with van der Waals surface area (Å²) in [6.07, 6.45) is 0.207. The number of ketones is 1. The number of hydrogen-bond acceptors (Lipinski definition) is 5. The molecule has 0 atom stereocenters. The lowest BCUT2D eigenvalue weighted by Crippen LogP contribution is -2.24. The van der Waals surface area contributed by atoms with Crippen molar-refractivity contribution in [2.45, 2.75) is 12.8 Å². The van der Waals surface area contributed by atoms with Crippen LogP contribution in [0, 0.1) is 0 Å². The second-order valence-electron chi connectivity index (χ2n) is 6.40. The Morgan fingerprint density at radius 1 is 0.800 bits per heavy atom. The number of carboxylic acid groups (broad SMARTS) is 1. The number of carbonyl (C=O) groups is 3. The Bertz CT molecular complexity index is 1050. The van der Waals surface area contributed by atoms with Gasteiger partial charge in [-0.2, -0.15) is 5.01 Å². The molecule has 0 radical (unpaired) electrons. The van der Waals surface area contributed by atoms with Gasteiger partial charge in [0, 0.05) is 12.0 Å². The van der Waals surface area contributed by atoms with E-state index in [0.717, 1.165) is 5.56 Å². The van der Waals surface area contributed by atoms with Crippen LogP contribution in [0.5, 0.6) is 0 Å². The van der Waals surface area contributed by atoms with Gasteiger partial charge < -0.3 is 5.11 Å². The first kappa shape index (κ1) is 20.6. The second kappa shape index (κ2) is 9.88. The van der Waals surface area contributed by atoms with Gasteiger partial charge in [-0.3, -0.25) is 9.59 Å². The zero-order valence-electron chi connectivity index (χ0n) is 16.0. The van der Waals surface area contributed by atoms with Crippen molar-refractivity contribution in [1.29, 1.82) is 0 Å². The van der Waals surface area contributed by atoms with E-state index in [2.05, 4.69) is 10.3 Å². The fourth-order valence-electron chi connectivity index (χ4n) is 2.67. The molecule has 0 heterocycles. The molecular formula is C23H19N3O4. The predicted octanol–water partition coefficient (Wildman–Crippen LogP) is 4.62. The maximum Gasteiger partial charge on any atom is 0.372 e. The highest BCUT2D eigenvalue weighted by atomic mass is 16.4. The van der Waals surface area contributed by atoms with Gasteiger partial charge in [-0.25, -0.2) is 4.79 Å². The predicted molar refractivity (Wildman–Crippen MR) is 112 cm³/mol. The Labute approximate surface area is 173 Å². The Morgan fingerprint density at radius 2 is 1.40 bits per heavy atom. The molecule has 0 saturated heterocycles. The van der Waals surface area contributed by atoms with Gasteiger partial charge >= 0.3 is 5.97 Å². The molecular weight excluding hydrogens is 382 g/mol. The van der Waals surface area contributed by atoms with Gasteiger partial charge in [0.05, 0.1) is 11.4 Å². The first-order chi connectivity index (χ1) is 14.5. The van der Waals surface area contributed by atoms with E-state index in [1.54, 1.807) is 60.7 Å². The minimum atomic E-state index is -1.44. The van der Waals surface area contributed by atoms with Crippen LogP contribution in [0.25, 0.3) is 0 Å². The molecule has 0 bridgehead atoms. The molecule has 0 aliphatic rings. The number of benzene rings is 3.